The van der Waals surface area contributed by atoms with Crippen LogP contribution in [0.5, 0.6) is 0 Å². The second kappa shape index (κ2) is 10.4. The Kier molecular flexibility index (Phi) is 9.07. The topological polar surface area (TPSA) is 0 Å². The van der Waals surface area contributed by atoms with Crippen molar-refractivity contribution in [2.45, 2.75) is 64.5 Å². The summed E-state index contributed by atoms with van der Waals surface area (Å²) in [6, 6.07) is 10.9. The second-order valence-corrected chi connectivity index (χ2v) is 6.93. The molecule has 0 radical (unpaired) electrons. The highest BCUT2D eigenvalue weighted by Crippen LogP contribution is 2.29. The molecule has 1 rings (SSSR count). The van der Waals surface area contributed by atoms with E-state index >= 15 is 0 Å². The zero-order valence-electron chi connectivity index (χ0n) is 12.9. The van der Waals surface area contributed by atoms with Gasteiger partial charge in [0.2, 0.25) is 0 Å². The first-order valence-corrected chi connectivity index (χ1v) is 8.99. The Balaban J connectivity index is 2.16. The van der Waals surface area contributed by atoms with Gasteiger partial charge in [-0.15, -0.1) is 0 Å². The van der Waals surface area contributed by atoms with Crippen molar-refractivity contribution in [1.82, 2.24) is 0 Å². The lowest BCUT2D eigenvalue weighted by Gasteiger charge is -2.15. The fourth-order valence-electron chi connectivity index (χ4n) is 2.50. The Morgan fingerprint density at radius 1 is 1.00 bits per heavy atom. The Morgan fingerprint density at radius 3 is 2.32 bits per heavy atom. The molecule has 0 amide bonds. The van der Waals surface area contributed by atoms with Crippen molar-refractivity contribution in [3.8, 4) is 0 Å². The second-order valence-electron chi connectivity index (χ2n) is 5.48. The van der Waals surface area contributed by atoms with Crippen molar-refractivity contribution in [2.24, 2.45) is 5.92 Å². The van der Waals surface area contributed by atoms with Gasteiger partial charge in [-0.25, -0.2) is 0 Å². The minimum Gasteiger partial charge on any atom is -0.154 e. The number of hydrogen-bond donors (Lipinski definition) is 0. The van der Waals surface area contributed by atoms with Gasteiger partial charge in [0.1, 0.15) is 0 Å². The van der Waals surface area contributed by atoms with E-state index in [-0.39, 0.29) is 0 Å². The summed E-state index contributed by atoms with van der Waals surface area (Å²) < 4.78 is 0. The fraction of sp³-hybridized carbons (Fsp3) is 0.667. The largest absolute Gasteiger partial charge is 0.154 e. The summed E-state index contributed by atoms with van der Waals surface area (Å²) in [5.74, 6) is 2.27. The molecule has 0 aliphatic rings. The highest BCUT2D eigenvalue weighted by Gasteiger charge is 2.08. The maximum absolute atomic E-state index is 2.35. The molecule has 0 aliphatic carbocycles. The van der Waals surface area contributed by atoms with Crippen LogP contribution in [0.25, 0.3) is 0 Å². The normalized spacial score (nSPS) is 14.3. The molecule has 0 saturated heterocycles. The molecular weight excluding hydrogens is 248 g/mol. The van der Waals surface area contributed by atoms with Gasteiger partial charge in [0.05, 0.1) is 0 Å². The molecule has 19 heavy (non-hydrogen) atoms. The van der Waals surface area contributed by atoms with E-state index in [0.29, 0.717) is 5.25 Å². The molecule has 0 nitrogen and oxygen atoms in total. The number of hydrogen-bond acceptors (Lipinski definition) is 1. The van der Waals surface area contributed by atoms with Crippen LogP contribution >= 0.6 is 11.8 Å². The predicted octanol–water partition coefficient (Wildman–Crippen LogP) is 6.48. The van der Waals surface area contributed by atoms with Crippen LogP contribution in [0.3, 0.4) is 0 Å². The van der Waals surface area contributed by atoms with E-state index in [1.807, 2.05) is 0 Å². The molecule has 0 spiro atoms. The molecule has 2 unspecified atom stereocenters. The molecule has 108 valence electrons. The van der Waals surface area contributed by atoms with Gasteiger partial charge >= 0.3 is 0 Å². The van der Waals surface area contributed by atoms with Crippen LogP contribution in [0, 0.1) is 5.92 Å². The summed E-state index contributed by atoms with van der Waals surface area (Å²) in [7, 11) is 0. The lowest BCUT2D eigenvalue weighted by Crippen LogP contribution is -2.00. The van der Waals surface area contributed by atoms with Gasteiger partial charge in [-0.05, 0) is 37.0 Å². The highest BCUT2D eigenvalue weighted by atomic mass is 32.2. The molecule has 0 fully saturated rings. The van der Waals surface area contributed by atoms with Gasteiger partial charge in [-0.2, -0.15) is 11.8 Å². The van der Waals surface area contributed by atoms with Crippen LogP contribution in [0.4, 0.5) is 0 Å². The summed E-state index contributed by atoms with van der Waals surface area (Å²) >= 11 is 2.11. The maximum atomic E-state index is 2.35. The van der Waals surface area contributed by atoms with E-state index in [1.54, 1.807) is 0 Å². The molecule has 0 aliphatic heterocycles. The van der Waals surface area contributed by atoms with Crippen LogP contribution in [-0.4, -0.2) is 5.75 Å². The third-order valence-electron chi connectivity index (χ3n) is 3.94. The van der Waals surface area contributed by atoms with Crippen molar-refractivity contribution in [3.63, 3.8) is 0 Å². The summed E-state index contributed by atoms with van der Waals surface area (Å²) in [4.78, 5) is 0. The van der Waals surface area contributed by atoms with Crippen LogP contribution in [0.1, 0.15) is 70.1 Å². The Labute approximate surface area is 124 Å². The monoisotopic (exact) mass is 278 g/mol. The molecule has 0 saturated carbocycles. The van der Waals surface area contributed by atoms with Crippen LogP contribution in [0.15, 0.2) is 30.3 Å². The molecule has 1 aromatic carbocycles. The van der Waals surface area contributed by atoms with Crippen molar-refractivity contribution < 1.29 is 0 Å². The van der Waals surface area contributed by atoms with E-state index in [9.17, 15) is 0 Å². The Morgan fingerprint density at radius 2 is 1.68 bits per heavy atom. The zero-order chi connectivity index (χ0) is 13.9. The van der Waals surface area contributed by atoms with E-state index in [2.05, 4.69) is 62.9 Å². The number of thioether (sulfide) groups is 1. The predicted molar refractivity (Wildman–Crippen MR) is 89.9 cm³/mol. The first-order chi connectivity index (χ1) is 9.27. The van der Waals surface area contributed by atoms with Crippen molar-refractivity contribution in [2.75, 3.05) is 5.75 Å². The molecular formula is C18H30S. The zero-order valence-corrected chi connectivity index (χ0v) is 13.7. The summed E-state index contributed by atoms with van der Waals surface area (Å²) in [6.45, 7) is 6.97. The SMILES string of the molecule is CCCCC(CC)CCCSC(C)c1ccccc1. The summed E-state index contributed by atoms with van der Waals surface area (Å²) in [5.41, 5.74) is 1.46. The van der Waals surface area contributed by atoms with Gasteiger partial charge in [-0.1, -0.05) is 69.9 Å². The molecule has 0 heterocycles. The first kappa shape index (κ1) is 16.6. The molecule has 0 N–H and O–H groups in total. The van der Waals surface area contributed by atoms with Crippen LogP contribution in [0.2, 0.25) is 0 Å². The van der Waals surface area contributed by atoms with Crippen LogP contribution in [-0.2, 0) is 0 Å². The number of rotatable bonds is 10. The molecule has 0 aromatic heterocycles. The number of benzene rings is 1. The Bertz CT molecular complexity index is 307. The molecule has 1 heteroatoms. The third kappa shape index (κ3) is 7.06. The van der Waals surface area contributed by atoms with E-state index in [1.165, 1.54) is 49.8 Å². The van der Waals surface area contributed by atoms with E-state index in [0.717, 1.165) is 5.92 Å². The standard InChI is InChI=1S/C18H30S/c1-4-6-11-17(5-2)12-10-15-19-16(3)18-13-8-7-9-14-18/h7-9,13-14,16-17H,4-6,10-12,15H2,1-3H3. The van der Waals surface area contributed by atoms with Crippen molar-refractivity contribution >= 4 is 11.8 Å². The minimum absolute atomic E-state index is 0.636. The van der Waals surface area contributed by atoms with Crippen molar-refractivity contribution in [1.29, 1.82) is 0 Å². The quantitative estimate of drug-likeness (QED) is 0.441. The molecule has 1 aromatic rings. The minimum atomic E-state index is 0.636. The van der Waals surface area contributed by atoms with Gasteiger partial charge < -0.3 is 0 Å². The smallest absolute Gasteiger partial charge is 0.0269 e. The fourth-order valence-corrected chi connectivity index (χ4v) is 3.53. The van der Waals surface area contributed by atoms with Gasteiger partial charge in [0, 0.05) is 5.25 Å². The van der Waals surface area contributed by atoms with E-state index in [4.69, 9.17) is 0 Å². The average molecular weight is 279 g/mol. The van der Waals surface area contributed by atoms with Crippen LogP contribution < -0.4 is 0 Å². The number of unbranched alkanes of at least 4 members (excludes halogenated alkanes) is 1. The van der Waals surface area contributed by atoms with Gasteiger partial charge in [-0.3, -0.25) is 0 Å². The summed E-state index contributed by atoms with van der Waals surface area (Å²) in [5, 5.41) is 0.636. The summed E-state index contributed by atoms with van der Waals surface area (Å²) in [6.07, 6.45) is 8.35. The molecule has 0 bridgehead atoms. The van der Waals surface area contributed by atoms with Gasteiger partial charge in [0.15, 0.2) is 0 Å². The average Bonchev–Trinajstić information content (AvgIpc) is 2.47. The van der Waals surface area contributed by atoms with Gasteiger partial charge in [0.25, 0.3) is 0 Å². The lowest BCUT2D eigenvalue weighted by molar-refractivity contribution is 0.418. The highest BCUT2D eigenvalue weighted by molar-refractivity contribution is 7.99. The first-order valence-electron chi connectivity index (χ1n) is 7.94. The Hall–Kier alpha value is -0.430. The molecule has 2 atom stereocenters. The third-order valence-corrected chi connectivity index (χ3v) is 5.23. The maximum Gasteiger partial charge on any atom is 0.0269 e. The lowest BCUT2D eigenvalue weighted by atomic mass is 9.95. The van der Waals surface area contributed by atoms with Crippen molar-refractivity contribution in [3.05, 3.63) is 35.9 Å². The van der Waals surface area contributed by atoms with E-state index < -0.39 is 0 Å².